The van der Waals surface area contributed by atoms with Gasteiger partial charge < -0.3 is 10.1 Å². The predicted molar refractivity (Wildman–Crippen MR) is 93.0 cm³/mol. The second-order valence-corrected chi connectivity index (χ2v) is 7.58. The van der Waals surface area contributed by atoms with Gasteiger partial charge in [-0.2, -0.15) is 0 Å². The number of carbonyl (C=O) groups is 1. The molecule has 2 fully saturated rings. The summed E-state index contributed by atoms with van der Waals surface area (Å²) in [5.74, 6) is 1.92. The van der Waals surface area contributed by atoms with Crippen LogP contribution in [0.25, 0.3) is 0 Å². The number of ether oxygens (including phenoxy) is 1. The minimum atomic E-state index is 0.123. The molecule has 2 N–H and O–H groups in total. The highest BCUT2D eigenvalue weighted by molar-refractivity contribution is 7.99. The van der Waals surface area contributed by atoms with Crippen molar-refractivity contribution in [2.24, 2.45) is 5.92 Å². The molecule has 134 valence electrons. The Morgan fingerprint density at radius 1 is 1.42 bits per heavy atom. The lowest BCUT2D eigenvalue weighted by Crippen LogP contribution is -2.48. The standard InChI is InChI=1S/C16H27N5O2S/c1-12-18-16(20-19-12)24-10-6-17-15(22)13-3-2-7-21(11-13)14-4-8-23-9-5-14/h13-14H,2-11H2,1H3,(H,17,22)(H,18,19,20). The molecule has 0 aliphatic carbocycles. The maximum Gasteiger partial charge on any atom is 0.224 e. The van der Waals surface area contributed by atoms with E-state index in [0.717, 1.165) is 68.7 Å². The van der Waals surface area contributed by atoms with E-state index >= 15 is 0 Å². The van der Waals surface area contributed by atoms with Gasteiger partial charge in [-0.05, 0) is 39.2 Å². The molecule has 1 aromatic heterocycles. The van der Waals surface area contributed by atoms with E-state index in [-0.39, 0.29) is 11.8 Å². The summed E-state index contributed by atoms with van der Waals surface area (Å²) in [4.78, 5) is 19.2. The Labute approximate surface area is 147 Å². The van der Waals surface area contributed by atoms with Crippen molar-refractivity contribution in [1.29, 1.82) is 0 Å². The topological polar surface area (TPSA) is 83.1 Å². The van der Waals surface area contributed by atoms with Gasteiger partial charge in [0.25, 0.3) is 0 Å². The molecule has 2 saturated heterocycles. The fraction of sp³-hybridized carbons (Fsp3) is 0.812. The largest absolute Gasteiger partial charge is 0.381 e. The number of piperidine rings is 1. The first-order valence-corrected chi connectivity index (χ1v) is 9.82. The minimum Gasteiger partial charge on any atom is -0.381 e. The van der Waals surface area contributed by atoms with E-state index in [4.69, 9.17) is 4.74 Å². The summed E-state index contributed by atoms with van der Waals surface area (Å²) in [7, 11) is 0. The minimum absolute atomic E-state index is 0.123. The Bertz CT molecular complexity index is 532. The lowest BCUT2D eigenvalue weighted by atomic mass is 9.94. The molecule has 7 nitrogen and oxygen atoms in total. The summed E-state index contributed by atoms with van der Waals surface area (Å²) >= 11 is 1.56. The maximum absolute atomic E-state index is 12.4. The number of nitrogens with zero attached hydrogens (tertiary/aromatic N) is 3. The van der Waals surface area contributed by atoms with Crippen LogP contribution in [0, 0.1) is 12.8 Å². The molecule has 24 heavy (non-hydrogen) atoms. The summed E-state index contributed by atoms with van der Waals surface area (Å²) in [5.41, 5.74) is 0. The third-order valence-corrected chi connectivity index (χ3v) is 5.59. The summed E-state index contributed by atoms with van der Waals surface area (Å²) in [6, 6.07) is 0.596. The second-order valence-electron chi connectivity index (χ2n) is 6.52. The van der Waals surface area contributed by atoms with Crippen LogP contribution in [0.1, 0.15) is 31.5 Å². The normalized spacial score (nSPS) is 23.3. The zero-order valence-corrected chi connectivity index (χ0v) is 15.1. The van der Waals surface area contributed by atoms with Crippen LogP contribution in [0.3, 0.4) is 0 Å². The van der Waals surface area contributed by atoms with Gasteiger partial charge in [0.2, 0.25) is 11.1 Å². The predicted octanol–water partition coefficient (Wildman–Crippen LogP) is 1.21. The van der Waals surface area contributed by atoms with Crippen LogP contribution in [0.2, 0.25) is 0 Å². The zero-order valence-electron chi connectivity index (χ0n) is 14.3. The zero-order chi connectivity index (χ0) is 16.8. The first kappa shape index (κ1) is 17.7. The third-order valence-electron chi connectivity index (χ3n) is 4.74. The molecule has 1 atom stereocenters. The van der Waals surface area contributed by atoms with E-state index in [0.29, 0.717) is 12.6 Å². The first-order valence-electron chi connectivity index (χ1n) is 8.83. The Balaban J connectivity index is 1.37. The summed E-state index contributed by atoms with van der Waals surface area (Å²) < 4.78 is 5.45. The van der Waals surface area contributed by atoms with Gasteiger partial charge in [0.05, 0.1) is 5.92 Å². The fourth-order valence-corrected chi connectivity index (χ4v) is 4.15. The van der Waals surface area contributed by atoms with Gasteiger partial charge in [-0.15, -0.1) is 5.10 Å². The summed E-state index contributed by atoms with van der Waals surface area (Å²) in [6.45, 7) is 6.26. The number of hydrogen-bond acceptors (Lipinski definition) is 6. The van der Waals surface area contributed by atoms with Crippen molar-refractivity contribution < 1.29 is 9.53 Å². The molecule has 1 aromatic rings. The number of thioether (sulfide) groups is 1. The summed E-state index contributed by atoms with van der Waals surface area (Å²) in [5, 5.41) is 10.7. The van der Waals surface area contributed by atoms with Crippen molar-refractivity contribution in [3.8, 4) is 0 Å². The van der Waals surface area contributed by atoms with Crippen LogP contribution in [0.15, 0.2) is 5.16 Å². The van der Waals surface area contributed by atoms with E-state index in [1.165, 1.54) is 0 Å². The van der Waals surface area contributed by atoms with E-state index in [1.807, 2.05) is 6.92 Å². The average Bonchev–Trinajstić information content (AvgIpc) is 3.05. The molecule has 1 amide bonds. The van der Waals surface area contributed by atoms with Crippen molar-refractivity contribution in [2.45, 2.75) is 43.8 Å². The lowest BCUT2D eigenvalue weighted by molar-refractivity contribution is -0.127. The Hall–Kier alpha value is -1.12. The molecule has 0 saturated carbocycles. The lowest BCUT2D eigenvalue weighted by Gasteiger charge is -2.39. The molecule has 0 aromatic carbocycles. The highest BCUT2D eigenvalue weighted by atomic mass is 32.2. The number of H-pyrrole nitrogens is 1. The fourth-order valence-electron chi connectivity index (χ4n) is 3.45. The van der Waals surface area contributed by atoms with Crippen LogP contribution >= 0.6 is 11.8 Å². The van der Waals surface area contributed by atoms with Crippen molar-refractivity contribution in [3.63, 3.8) is 0 Å². The number of likely N-dealkylation sites (tertiary alicyclic amines) is 1. The van der Waals surface area contributed by atoms with Gasteiger partial charge in [-0.3, -0.25) is 14.8 Å². The second kappa shape index (κ2) is 8.82. The van der Waals surface area contributed by atoms with E-state index in [1.54, 1.807) is 11.8 Å². The van der Waals surface area contributed by atoms with Crippen molar-refractivity contribution in [2.75, 3.05) is 38.6 Å². The van der Waals surface area contributed by atoms with Gasteiger partial charge in [-0.25, -0.2) is 4.98 Å². The maximum atomic E-state index is 12.4. The molecule has 2 aliphatic heterocycles. The van der Waals surface area contributed by atoms with Gasteiger partial charge in [-0.1, -0.05) is 11.8 Å². The molecule has 3 rings (SSSR count). The van der Waals surface area contributed by atoms with Crippen LogP contribution in [-0.2, 0) is 9.53 Å². The Kier molecular flexibility index (Phi) is 6.51. The van der Waals surface area contributed by atoms with E-state index in [2.05, 4.69) is 25.4 Å². The number of aromatic nitrogens is 3. The number of carbonyl (C=O) groups excluding carboxylic acids is 1. The number of nitrogens with one attached hydrogen (secondary N) is 2. The highest BCUT2D eigenvalue weighted by Gasteiger charge is 2.30. The average molecular weight is 353 g/mol. The molecule has 0 spiro atoms. The van der Waals surface area contributed by atoms with Crippen molar-refractivity contribution in [3.05, 3.63) is 5.82 Å². The number of amides is 1. The number of aromatic amines is 1. The Morgan fingerprint density at radius 2 is 2.25 bits per heavy atom. The van der Waals surface area contributed by atoms with E-state index < -0.39 is 0 Å². The first-order chi connectivity index (χ1) is 11.7. The van der Waals surface area contributed by atoms with Crippen LogP contribution in [-0.4, -0.2) is 70.6 Å². The molecule has 3 heterocycles. The van der Waals surface area contributed by atoms with Gasteiger partial charge in [0.1, 0.15) is 5.82 Å². The van der Waals surface area contributed by atoms with Gasteiger partial charge in [0, 0.05) is 38.1 Å². The number of rotatable bonds is 6. The molecule has 8 heteroatoms. The molecule has 0 bridgehead atoms. The number of aryl methyl sites for hydroxylation is 1. The van der Waals surface area contributed by atoms with Crippen molar-refractivity contribution in [1.82, 2.24) is 25.4 Å². The van der Waals surface area contributed by atoms with Crippen molar-refractivity contribution >= 4 is 17.7 Å². The van der Waals surface area contributed by atoms with Gasteiger partial charge in [0.15, 0.2) is 0 Å². The number of hydrogen-bond donors (Lipinski definition) is 2. The molecule has 1 unspecified atom stereocenters. The monoisotopic (exact) mass is 353 g/mol. The highest BCUT2D eigenvalue weighted by Crippen LogP contribution is 2.23. The molecular formula is C16H27N5O2S. The Morgan fingerprint density at radius 3 is 3.00 bits per heavy atom. The van der Waals surface area contributed by atoms with Crippen LogP contribution < -0.4 is 5.32 Å². The molecule has 2 aliphatic rings. The van der Waals surface area contributed by atoms with E-state index in [9.17, 15) is 4.79 Å². The third kappa shape index (κ3) is 4.94. The summed E-state index contributed by atoms with van der Waals surface area (Å²) in [6.07, 6.45) is 4.31. The van der Waals surface area contributed by atoms with Crippen LogP contribution in [0.4, 0.5) is 0 Å². The molecule has 0 radical (unpaired) electrons. The molecular weight excluding hydrogens is 326 g/mol. The SMILES string of the molecule is Cc1nc(SCCNC(=O)C2CCCN(C3CCOCC3)C2)n[nH]1. The van der Waals surface area contributed by atoms with Crippen LogP contribution in [0.5, 0.6) is 0 Å². The van der Waals surface area contributed by atoms with Gasteiger partial charge >= 0.3 is 0 Å². The quantitative estimate of drug-likeness (QED) is 0.591. The smallest absolute Gasteiger partial charge is 0.224 e.